The number of carboxylic acid groups (broad SMARTS) is 1. The summed E-state index contributed by atoms with van der Waals surface area (Å²) in [4.78, 5) is 38.1. The molecule has 1 heterocycles. The minimum absolute atomic E-state index is 0.132. The molecule has 0 aromatic carbocycles. The van der Waals surface area contributed by atoms with Gasteiger partial charge in [-0.05, 0) is 11.6 Å². The number of aromatic nitrogens is 1. The summed E-state index contributed by atoms with van der Waals surface area (Å²) in [6.07, 6.45) is 1.51. The Labute approximate surface area is 120 Å². The van der Waals surface area contributed by atoms with Crippen molar-refractivity contribution >= 4 is 17.9 Å². The van der Waals surface area contributed by atoms with E-state index in [0.717, 1.165) is 4.90 Å². The van der Waals surface area contributed by atoms with E-state index < -0.39 is 31.0 Å². The number of nitrogens with two attached hydrogens (primary N) is 1. The molecule has 3 amide bonds. The molecule has 0 spiro atoms. The molecule has 0 fully saturated rings. The number of amides is 3. The molecule has 0 bridgehead atoms. The van der Waals surface area contributed by atoms with E-state index in [1.807, 2.05) is 0 Å². The molecule has 9 nitrogen and oxygen atoms in total. The van der Waals surface area contributed by atoms with Gasteiger partial charge >= 0.3 is 12.0 Å². The Morgan fingerprint density at radius 1 is 1.43 bits per heavy atom. The van der Waals surface area contributed by atoms with Crippen LogP contribution in [-0.4, -0.2) is 53.1 Å². The number of hydrogen-bond acceptors (Lipinski definition) is 5. The topological polar surface area (TPSA) is 135 Å². The molecule has 0 atom stereocenters. The largest absolute Gasteiger partial charge is 0.481 e. The van der Waals surface area contributed by atoms with Crippen molar-refractivity contribution in [3.05, 3.63) is 23.9 Å². The van der Waals surface area contributed by atoms with Crippen molar-refractivity contribution < 1.29 is 24.2 Å². The van der Waals surface area contributed by atoms with Crippen LogP contribution in [0.15, 0.2) is 18.3 Å². The number of methoxy groups -OCH3 is 1. The predicted octanol–water partition coefficient (Wildman–Crippen LogP) is -0.828. The number of rotatable bonds is 7. The molecule has 0 aliphatic heterocycles. The van der Waals surface area contributed by atoms with E-state index in [4.69, 9.17) is 15.6 Å². The second-order valence-corrected chi connectivity index (χ2v) is 4.08. The molecule has 9 heteroatoms. The predicted molar refractivity (Wildman–Crippen MR) is 71.4 cm³/mol. The van der Waals surface area contributed by atoms with Gasteiger partial charge in [0.1, 0.15) is 13.1 Å². The molecular weight excluding hydrogens is 280 g/mol. The average Bonchev–Trinajstić information content (AvgIpc) is 2.43. The zero-order valence-electron chi connectivity index (χ0n) is 11.4. The third-order valence-corrected chi connectivity index (χ3v) is 2.41. The number of aliphatic carboxylic acids is 1. The maximum Gasteiger partial charge on any atom is 0.323 e. The van der Waals surface area contributed by atoms with Gasteiger partial charge in [-0.3, -0.25) is 9.59 Å². The van der Waals surface area contributed by atoms with Crippen LogP contribution in [0.3, 0.4) is 0 Å². The molecule has 1 rings (SSSR count). The average molecular weight is 296 g/mol. The highest BCUT2D eigenvalue weighted by Crippen LogP contribution is 2.08. The standard InChI is InChI=1S/C12H16N4O5/c1-21-10-4-8(2-3-14-10)5-15-12(20)16(6-9(13)17)7-11(18)19/h2-4H,5-7H2,1H3,(H2,13,17)(H,15,20)(H,18,19). The monoisotopic (exact) mass is 296 g/mol. The lowest BCUT2D eigenvalue weighted by atomic mass is 10.2. The van der Waals surface area contributed by atoms with E-state index in [0.29, 0.717) is 11.4 Å². The first-order valence-corrected chi connectivity index (χ1v) is 5.94. The number of carbonyl (C=O) groups excluding carboxylic acids is 2. The van der Waals surface area contributed by atoms with Crippen LogP contribution in [-0.2, 0) is 16.1 Å². The van der Waals surface area contributed by atoms with E-state index in [1.165, 1.54) is 13.3 Å². The van der Waals surface area contributed by atoms with Gasteiger partial charge in [-0.2, -0.15) is 0 Å². The Morgan fingerprint density at radius 3 is 2.71 bits per heavy atom. The summed E-state index contributed by atoms with van der Waals surface area (Å²) in [7, 11) is 1.46. The van der Waals surface area contributed by atoms with Crippen LogP contribution in [0.5, 0.6) is 5.88 Å². The van der Waals surface area contributed by atoms with Crippen LogP contribution in [0.25, 0.3) is 0 Å². The molecule has 0 radical (unpaired) electrons. The molecule has 21 heavy (non-hydrogen) atoms. The first-order valence-electron chi connectivity index (χ1n) is 5.94. The van der Waals surface area contributed by atoms with Gasteiger partial charge in [0.25, 0.3) is 0 Å². The number of nitrogens with zero attached hydrogens (tertiary/aromatic N) is 2. The number of pyridine rings is 1. The van der Waals surface area contributed by atoms with Crippen molar-refractivity contribution in [2.45, 2.75) is 6.54 Å². The van der Waals surface area contributed by atoms with Gasteiger partial charge in [-0.1, -0.05) is 0 Å². The molecular formula is C12H16N4O5. The van der Waals surface area contributed by atoms with Gasteiger partial charge in [-0.25, -0.2) is 9.78 Å². The Balaban J connectivity index is 2.63. The van der Waals surface area contributed by atoms with Gasteiger partial charge in [0, 0.05) is 18.8 Å². The molecule has 114 valence electrons. The molecule has 0 aliphatic rings. The van der Waals surface area contributed by atoms with E-state index >= 15 is 0 Å². The third kappa shape index (κ3) is 5.76. The molecule has 0 saturated carbocycles. The maximum absolute atomic E-state index is 11.8. The highest BCUT2D eigenvalue weighted by Gasteiger charge is 2.18. The zero-order chi connectivity index (χ0) is 15.8. The number of ether oxygens (including phenoxy) is 1. The van der Waals surface area contributed by atoms with Crippen LogP contribution in [0.2, 0.25) is 0 Å². The number of urea groups is 1. The molecule has 0 saturated heterocycles. The summed E-state index contributed by atoms with van der Waals surface area (Å²) in [5, 5.41) is 11.2. The van der Waals surface area contributed by atoms with E-state index in [9.17, 15) is 14.4 Å². The van der Waals surface area contributed by atoms with Crippen LogP contribution in [0.4, 0.5) is 4.79 Å². The highest BCUT2D eigenvalue weighted by molar-refractivity contribution is 5.85. The van der Waals surface area contributed by atoms with Crippen LogP contribution in [0.1, 0.15) is 5.56 Å². The van der Waals surface area contributed by atoms with Crippen molar-refractivity contribution in [2.24, 2.45) is 5.73 Å². The van der Waals surface area contributed by atoms with E-state index in [1.54, 1.807) is 12.1 Å². The normalized spacial score (nSPS) is 9.76. The summed E-state index contributed by atoms with van der Waals surface area (Å²) < 4.78 is 4.94. The lowest BCUT2D eigenvalue weighted by molar-refractivity contribution is -0.137. The number of hydrogen-bond donors (Lipinski definition) is 3. The number of nitrogens with one attached hydrogen (secondary N) is 1. The fourth-order valence-corrected chi connectivity index (χ4v) is 1.51. The van der Waals surface area contributed by atoms with Crippen LogP contribution < -0.4 is 15.8 Å². The molecule has 4 N–H and O–H groups in total. The number of carboxylic acids is 1. The van der Waals surface area contributed by atoms with Gasteiger partial charge in [0.2, 0.25) is 11.8 Å². The fourth-order valence-electron chi connectivity index (χ4n) is 1.51. The second kappa shape index (κ2) is 7.68. The maximum atomic E-state index is 11.8. The highest BCUT2D eigenvalue weighted by atomic mass is 16.5. The Morgan fingerprint density at radius 2 is 2.14 bits per heavy atom. The molecule has 1 aromatic rings. The molecule has 1 aromatic heterocycles. The fraction of sp³-hybridized carbons (Fsp3) is 0.333. The second-order valence-electron chi connectivity index (χ2n) is 4.08. The first-order chi connectivity index (χ1) is 9.92. The quantitative estimate of drug-likeness (QED) is 0.601. The minimum atomic E-state index is -1.24. The Kier molecular flexibility index (Phi) is 5.93. The van der Waals surface area contributed by atoms with Crippen LogP contribution in [0, 0.1) is 0 Å². The van der Waals surface area contributed by atoms with Gasteiger partial charge < -0.3 is 25.8 Å². The van der Waals surface area contributed by atoms with E-state index in [-0.39, 0.29) is 6.54 Å². The molecule has 0 aliphatic carbocycles. The minimum Gasteiger partial charge on any atom is -0.481 e. The van der Waals surface area contributed by atoms with Gasteiger partial charge in [0.05, 0.1) is 7.11 Å². The summed E-state index contributed by atoms with van der Waals surface area (Å²) in [6, 6.07) is 2.58. The number of primary amides is 1. The summed E-state index contributed by atoms with van der Waals surface area (Å²) in [5.41, 5.74) is 5.69. The lowest BCUT2D eigenvalue weighted by Gasteiger charge is -2.19. The van der Waals surface area contributed by atoms with Crippen molar-refractivity contribution in [2.75, 3.05) is 20.2 Å². The third-order valence-electron chi connectivity index (χ3n) is 2.41. The van der Waals surface area contributed by atoms with Crippen LogP contribution >= 0.6 is 0 Å². The smallest absolute Gasteiger partial charge is 0.323 e. The molecule has 0 unspecified atom stereocenters. The first kappa shape index (κ1) is 16.2. The Hall–Kier alpha value is -2.84. The van der Waals surface area contributed by atoms with Crippen molar-refractivity contribution in [3.8, 4) is 5.88 Å². The summed E-state index contributed by atoms with van der Waals surface area (Å²) >= 11 is 0. The number of carbonyl (C=O) groups is 3. The SMILES string of the molecule is COc1cc(CNC(=O)N(CC(N)=O)CC(=O)O)ccn1. The van der Waals surface area contributed by atoms with Crippen molar-refractivity contribution in [1.82, 2.24) is 15.2 Å². The van der Waals surface area contributed by atoms with Gasteiger partial charge in [0.15, 0.2) is 0 Å². The van der Waals surface area contributed by atoms with Gasteiger partial charge in [-0.15, -0.1) is 0 Å². The Bertz CT molecular complexity index is 518. The summed E-state index contributed by atoms with van der Waals surface area (Å²) in [6.45, 7) is -0.959. The van der Waals surface area contributed by atoms with E-state index in [2.05, 4.69) is 10.3 Å². The van der Waals surface area contributed by atoms with Crippen molar-refractivity contribution in [3.63, 3.8) is 0 Å². The zero-order valence-corrected chi connectivity index (χ0v) is 11.4. The summed E-state index contributed by atoms with van der Waals surface area (Å²) in [5.74, 6) is -1.64. The van der Waals surface area contributed by atoms with Crippen molar-refractivity contribution in [1.29, 1.82) is 0 Å². The lowest BCUT2D eigenvalue weighted by Crippen LogP contribution is -2.46.